The number of anilines is 1. The third kappa shape index (κ3) is 7.40. The molecule has 0 radical (unpaired) electrons. The van der Waals surface area contributed by atoms with Gasteiger partial charge >= 0.3 is 10.1 Å². The topological polar surface area (TPSA) is 92.8 Å². The van der Waals surface area contributed by atoms with E-state index in [2.05, 4.69) is 5.32 Å². The second-order valence-electron chi connectivity index (χ2n) is 8.10. The van der Waals surface area contributed by atoms with E-state index in [-0.39, 0.29) is 34.4 Å². The van der Waals surface area contributed by atoms with E-state index in [1.54, 1.807) is 23.1 Å². The van der Waals surface area contributed by atoms with Gasteiger partial charge in [0.15, 0.2) is 0 Å². The maximum Gasteiger partial charge on any atom is 0.339 e. The summed E-state index contributed by atoms with van der Waals surface area (Å²) in [5, 5.41) is 2.58. The van der Waals surface area contributed by atoms with Gasteiger partial charge in [0.1, 0.15) is 10.6 Å². The van der Waals surface area contributed by atoms with Crippen LogP contribution >= 0.6 is 0 Å². The van der Waals surface area contributed by atoms with Crippen LogP contribution in [-0.2, 0) is 26.3 Å². The number of rotatable bonds is 9. The lowest BCUT2D eigenvalue weighted by Crippen LogP contribution is -2.36. The Morgan fingerprint density at radius 1 is 1.03 bits per heavy atom. The second kappa shape index (κ2) is 10.4. The van der Waals surface area contributed by atoms with Crippen LogP contribution < -0.4 is 9.50 Å². The first-order chi connectivity index (χ1) is 14.5. The predicted molar refractivity (Wildman–Crippen MR) is 120 cm³/mol. The Bertz CT molecular complexity index is 1010. The van der Waals surface area contributed by atoms with E-state index < -0.39 is 10.1 Å². The van der Waals surface area contributed by atoms with E-state index in [9.17, 15) is 18.0 Å². The van der Waals surface area contributed by atoms with Crippen LogP contribution in [0.5, 0.6) is 5.75 Å². The lowest BCUT2D eigenvalue weighted by molar-refractivity contribution is -0.134. The maximum absolute atomic E-state index is 12.6. The van der Waals surface area contributed by atoms with Crippen molar-refractivity contribution in [1.82, 2.24) is 4.90 Å². The number of hydrogen-bond donors (Lipinski definition) is 1. The van der Waals surface area contributed by atoms with Crippen molar-refractivity contribution in [3.05, 3.63) is 54.1 Å². The molecule has 0 bridgehead atoms. The van der Waals surface area contributed by atoms with Crippen molar-refractivity contribution in [3.63, 3.8) is 0 Å². The van der Waals surface area contributed by atoms with Crippen molar-refractivity contribution >= 4 is 27.6 Å². The first-order valence-corrected chi connectivity index (χ1v) is 11.6. The number of hydrogen-bond acceptors (Lipinski definition) is 5. The van der Waals surface area contributed by atoms with E-state index in [1.807, 2.05) is 33.8 Å². The van der Waals surface area contributed by atoms with Crippen LogP contribution in [0.1, 0.15) is 46.6 Å². The summed E-state index contributed by atoms with van der Waals surface area (Å²) in [6, 6.07) is 12.5. The highest BCUT2D eigenvalue weighted by Crippen LogP contribution is 2.22. The summed E-state index contributed by atoms with van der Waals surface area (Å²) in [4.78, 5) is 25.4. The van der Waals surface area contributed by atoms with Gasteiger partial charge in [-0.2, -0.15) is 8.42 Å². The molecule has 168 valence electrons. The number of nitrogens with one attached hydrogen (secondary N) is 1. The summed E-state index contributed by atoms with van der Waals surface area (Å²) in [7, 11) is -4.05. The smallest absolute Gasteiger partial charge is 0.339 e. The van der Waals surface area contributed by atoms with Crippen molar-refractivity contribution in [2.24, 2.45) is 5.92 Å². The lowest BCUT2D eigenvalue weighted by Gasteiger charge is -2.28. The van der Waals surface area contributed by atoms with Crippen molar-refractivity contribution in [1.29, 1.82) is 0 Å². The van der Waals surface area contributed by atoms with Crippen molar-refractivity contribution in [3.8, 4) is 5.75 Å². The van der Waals surface area contributed by atoms with E-state index >= 15 is 0 Å². The summed E-state index contributed by atoms with van der Waals surface area (Å²) >= 11 is 0. The van der Waals surface area contributed by atoms with Gasteiger partial charge in [0.25, 0.3) is 0 Å². The van der Waals surface area contributed by atoms with E-state index in [0.29, 0.717) is 18.7 Å². The molecule has 0 unspecified atom stereocenters. The van der Waals surface area contributed by atoms with E-state index in [4.69, 9.17) is 4.18 Å². The summed E-state index contributed by atoms with van der Waals surface area (Å²) in [6.45, 7) is 9.64. The minimum Gasteiger partial charge on any atom is -0.379 e. The zero-order valence-electron chi connectivity index (χ0n) is 18.6. The Kier molecular flexibility index (Phi) is 8.21. The molecule has 0 aromatic heterocycles. The molecule has 7 nitrogen and oxygen atoms in total. The Labute approximate surface area is 184 Å². The molecule has 0 aliphatic rings. The highest BCUT2D eigenvalue weighted by atomic mass is 32.2. The maximum atomic E-state index is 12.6. The van der Waals surface area contributed by atoms with Gasteiger partial charge in [-0.1, -0.05) is 26.0 Å². The van der Waals surface area contributed by atoms with Crippen LogP contribution in [0.4, 0.5) is 5.69 Å². The average Bonchev–Trinajstić information content (AvgIpc) is 2.65. The highest BCUT2D eigenvalue weighted by molar-refractivity contribution is 7.87. The summed E-state index contributed by atoms with van der Waals surface area (Å²) in [5.74, 6) is 0.239. The Morgan fingerprint density at radius 2 is 1.68 bits per heavy atom. The van der Waals surface area contributed by atoms with Crippen LogP contribution in [0.25, 0.3) is 0 Å². The molecule has 0 heterocycles. The largest absolute Gasteiger partial charge is 0.379 e. The van der Waals surface area contributed by atoms with Gasteiger partial charge in [-0.25, -0.2) is 0 Å². The minimum absolute atomic E-state index is 0.0154. The van der Waals surface area contributed by atoms with Crippen molar-refractivity contribution in [2.45, 2.75) is 58.5 Å². The third-order valence-electron chi connectivity index (χ3n) is 4.45. The molecule has 8 heteroatoms. The molecular formula is C23H30N2O5S. The second-order valence-corrected chi connectivity index (χ2v) is 9.65. The summed E-state index contributed by atoms with van der Waals surface area (Å²) < 4.78 is 30.6. The van der Waals surface area contributed by atoms with Crippen LogP contribution in [0.15, 0.2) is 53.4 Å². The normalized spacial score (nSPS) is 11.5. The van der Waals surface area contributed by atoms with Crippen LogP contribution in [0.3, 0.4) is 0 Å². The quantitative estimate of drug-likeness (QED) is 0.583. The Morgan fingerprint density at radius 3 is 2.23 bits per heavy atom. The van der Waals surface area contributed by atoms with Gasteiger partial charge in [-0.3, -0.25) is 9.59 Å². The zero-order valence-corrected chi connectivity index (χ0v) is 19.4. The van der Waals surface area contributed by atoms with Crippen molar-refractivity contribution < 1.29 is 22.2 Å². The zero-order chi connectivity index (χ0) is 23.2. The fourth-order valence-corrected chi connectivity index (χ4v) is 3.92. The lowest BCUT2D eigenvalue weighted by atomic mass is 10.1. The van der Waals surface area contributed by atoms with Gasteiger partial charge in [0.2, 0.25) is 11.8 Å². The fraction of sp³-hybridized carbons (Fsp3) is 0.391. The van der Waals surface area contributed by atoms with Gasteiger partial charge in [-0.05, 0) is 61.7 Å². The van der Waals surface area contributed by atoms with Gasteiger partial charge in [0, 0.05) is 31.6 Å². The van der Waals surface area contributed by atoms with Gasteiger partial charge in [0.05, 0.1) is 0 Å². The molecule has 0 aliphatic carbocycles. The molecule has 2 amide bonds. The molecule has 0 saturated heterocycles. The number of amides is 2. The monoisotopic (exact) mass is 446 g/mol. The van der Waals surface area contributed by atoms with E-state index in [0.717, 1.165) is 5.56 Å². The standard InChI is InChI=1S/C23H30N2O5S/c1-16(2)13-23(27)25(17(3)4)15-19-7-6-8-21(14-19)30-31(28,29)22-11-9-20(10-12-22)24-18(5)26/h6-12,14,16-17H,13,15H2,1-5H3,(H,24,26). The van der Waals surface area contributed by atoms with Gasteiger partial charge < -0.3 is 14.4 Å². The summed E-state index contributed by atoms with van der Waals surface area (Å²) in [6.07, 6.45) is 0.456. The number of benzene rings is 2. The predicted octanol–water partition coefficient (Wildman–Crippen LogP) is 4.20. The van der Waals surface area contributed by atoms with E-state index in [1.165, 1.54) is 31.2 Å². The first kappa shape index (κ1) is 24.4. The third-order valence-corrected chi connectivity index (χ3v) is 5.71. The fourth-order valence-electron chi connectivity index (χ4n) is 3.00. The number of carbonyl (C=O) groups excluding carboxylic acids is 2. The van der Waals surface area contributed by atoms with Gasteiger partial charge in [-0.15, -0.1) is 0 Å². The molecule has 2 rings (SSSR count). The molecule has 2 aromatic rings. The van der Waals surface area contributed by atoms with Crippen LogP contribution in [-0.4, -0.2) is 31.2 Å². The highest BCUT2D eigenvalue weighted by Gasteiger charge is 2.20. The van der Waals surface area contributed by atoms with Crippen molar-refractivity contribution in [2.75, 3.05) is 5.32 Å². The number of carbonyl (C=O) groups is 2. The molecule has 0 atom stereocenters. The average molecular weight is 447 g/mol. The molecule has 0 aliphatic heterocycles. The molecule has 0 spiro atoms. The molecule has 0 saturated carbocycles. The minimum atomic E-state index is -4.05. The Hall–Kier alpha value is -2.87. The molecular weight excluding hydrogens is 416 g/mol. The molecule has 2 aromatic carbocycles. The molecule has 31 heavy (non-hydrogen) atoms. The SMILES string of the molecule is CC(=O)Nc1ccc(S(=O)(=O)Oc2cccc(CN(C(=O)CC(C)C)C(C)C)c2)cc1. The molecule has 1 N–H and O–H groups in total. The Balaban J connectivity index is 2.17. The van der Waals surface area contributed by atoms with Crippen LogP contribution in [0.2, 0.25) is 0 Å². The van der Waals surface area contributed by atoms with Crippen LogP contribution in [0, 0.1) is 5.92 Å². The summed E-state index contributed by atoms with van der Waals surface area (Å²) in [5.41, 5.74) is 1.27. The first-order valence-electron chi connectivity index (χ1n) is 10.2. The number of nitrogens with zero attached hydrogens (tertiary/aromatic N) is 1. The molecule has 0 fully saturated rings.